The minimum Gasteiger partial charge on any atom is -0.494 e. The summed E-state index contributed by atoms with van der Waals surface area (Å²) in [6, 6.07) is 11.2. The van der Waals surface area contributed by atoms with E-state index in [0.717, 1.165) is 12.1 Å². The van der Waals surface area contributed by atoms with E-state index in [1.54, 1.807) is 31.2 Å². The first-order valence-electron chi connectivity index (χ1n) is 9.02. The van der Waals surface area contributed by atoms with Gasteiger partial charge in [-0.25, -0.2) is 13.2 Å². The zero-order valence-electron chi connectivity index (χ0n) is 15.8. The number of nitrogens with one attached hydrogen (secondary N) is 1. The van der Waals surface area contributed by atoms with Crippen LogP contribution in [0.4, 0.5) is 13.2 Å². The van der Waals surface area contributed by atoms with Gasteiger partial charge in [0, 0.05) is 24.3 Å². The van der Waals surface area contributed by atoms with Crippen LogP contribution in [0.5, 0.6) is 5.75 Å². The van der Waals surface area contributed by atoms with Crippen LogP contribution in [0.25, 0.3) is 11.3 Å². The number of hydrogen-bond donors (Lipinski definition) is 1. The molecule has 3 rings (SSSR count). The van der Waals surface area contributed by atoms with Crippen LogP contribution in [0.1, 0.15) is 38.3 Å². The van der Waals surface area contributed by atoms with Gasteiger partial charge in [0.1, 0.15) is 23.6 Å². The Morgan fingerprint density at radius 3 is 2.26 bits per heavy atom. The third kappa shape index (κ3) is 4.54. The second kappa shape index (κ2) is 9.31. The third-order valence-corrected chi connectivity index (χ3v) is 4.05. The molecular weight excluding hydrogens is 351 g/mol. The maximum absolute atomic E-state index is 14.6. The Hall–Kier alpha value is -2.69. The number of hydrogen-bond acceptors (Lipinski definition) is 2. The predicted molar refractivity (Wildman–Crippen MR) is 104 cm³/mol. The van der Waals surface area contributed by atoms with Crippen molar-refractivity contribution in [2.24, 2.45) is 0 Å². The van der Waals surface area contributed by atoms with Gasteiger partial charge >= 0.3 is 0 Å². The van der Waals surface area contributed by atoms with Crippen LogP contribution >= 0.6 is 0 Å². The molecule has 0 radical (unpaired) electrons. The number of alkyl halides is 1. The van der Waals surface area contributed by atoms with Crippen molar-refractivity contribution >= 4 is 11.3 Å². The van der Waals surface area contributed by atoms with Crippen LogP contribution in [0.2, 0.25) is 0 Å². The summed E-state index contributed by atoms with van der Waals surface area (Å²) < 4.78 is 48.6. The Kier molecular flexibility index (Phi) is 7.11. The Labute approximate surface area is 158 Å². The normalized spacial score (nSPS) is 16.4. The van der Waals surface area contributed by atoms with Gasteiger partial charge in [-0.3, -0.25) is 0 Å². The van der Waals surface area contributed by atoms with Gasteiger partial charge in [0.05, 0.1) is 17.9 Å². The Morgan fingerprint density at radius 1 is 1.11 bits per heavy atom. The molecule has 2 aromatic rings. The second-order valence-electron chi connectivity index (χ2n) is 5.74. The lowest BCUT2D eigenvalue weighted by Gasteiger charge is -2.27. The second-order valence-corrected chi connectivity index (χ2v) is 5.74. The van der Waals surface area contributed by atoms with Crippen LogP contribution < -0.4 is 10.1 Å². The molecule has 1 unspecified atom stereocenters. The van der Waals surface area contributed by atoms with E-state index in [-0.39, 0.29) is 29.1 Å². The molecule has 0 saturated heterocycles. The van der Waals surface area contributed by atoms with E-state index < -0.39 is 17.8 Å². The van der Waals surface area contributed by atoms with Crippen molar-refractivity contribution < 1.29 is 17.9 Å². The molecule has 1 aliphatic rings. The van der Waals surface area contributed by atoms with E-state index in [1.807, 2.05) is 19.9 Å². The van der Waals surface area contributed by atoms with Gasteiger partial charge in [-0.05, 0) is 18.1 Å². The average Bonchev–Trinajstić information content (AvgIpc) is 2.66. The molecule has 0 aromatic heterocycles. The summed E-state index contributed by atoms with van der Waals surface area (Å²) in [7, 11) is 0. The zero-order valence-corrected chi connectivity index (χ0v) is 15.8. The molecule has 0 amide bonds. The first-order chi connectivity index (χ1) is 13.0. The largest absolute Gasteiger partial charge is 0.494 e. The predicted octanol–water partition coefficient (Wildman–Crippen LogP) is 6.10. The minimum absolute atomic E-state index is 0.00271. The van der Waals surface area contributed by atoms with E-state index in [2.05, 4.69) is 11.9 Å². The lowest BCUT2D eigenvalue weighted by atomic mass is 9.90. The topological polar surface area (TPSA) is 21.3 Å². The quantitative estimate of drug-likeness (QED) is 0.697. The smallest absolute Gasteiger partial charge is 0.143 e. The molecule has 144 valence electrons. The molecule has 1 atom stereocenters. The van der Waals surface area contributed by atoms with Crippen molar-refractivity contribution in [2.75, 3.05) is 6.61 Å². The van der Waals surface area contributed by atoms with Crippen molar-refractivity contribution in [2.45, 2.75) is 33.4 Å². The highest BCUT2D eigenvalue weighted by molar-refractivity contribution is 5.92. The van der Waals surface area contributed by atoms with Gasteiger partial charge < -0.3 is 10.1 Å². The molecule has 1 heterocycles. The maximum Gasteiger partial charge on any atom is 0.143 e. The Bertz CT molecular complexity index is 808. The van der Waals surface area contributed by atoms with Crippen molar-refractivity contribution in [1.29, 1.82) is 0 Å². The molecule has 0 saturated carbocycles. The summed E-state index contributed by atoms with van der Waals surface area (Å²) in [6.07, 6.45) is -1.33. The molecular formula is C22H24F3NO. The number of allylic oxidation sites excluding steroid dienone is 2. The lowest BCUT2D eigenvalue weighted by Crippen LogP contribution is -2.27. The van der Waals surface area contributed by atoms with Crippen LogP contribution in [-0.2, 0) is 0 Å². The van der Waals surface area contributed by atoms with E-state index in [4.69, 9.17) is 4.74 Å². The van der Waals surface area contributed by atoms with Crippen LogP contribution in [0.3, 0.4) is 0 Å². The zero-order chi connectivity index (χ0) is 20.0. The van der Waals surface area contributed by atoms with Gasteiger partial charge in [0.2, 0.25) is 0 Å². The number of benzene rings is 2. The summed E-state index contributed by atoms with van der Waals surface area (Å²) in [4.78, 5) is 0. The highest BCUT2D eigenvalue weighted by Gasteiger charge is 2.28. The molecule has 27 heavy (non-hydrogen) atoms. The highest BCUT2D eigenvalue weighted by Crippen LogP contribution is 2.37. The molecule has 2 nitrogen and oxygen atoms in total. The molecule has 0 fully saturated rings. The van der Waals surface area contributed by atoms with Gasteiger partial charge in [-0.15, -0.1) is 0 Å². The SMILES string of the molecule is C=C1NC(c2c(F)cc(OCC)cc2F)=C(c2ccccc2)CC1F.CC. The fourth-order valence-electron chi connectivity index (χ4n) is 2.87. The lowest BCUT2D eigenvalue weighted by molar-refractivity contribution is 0.335. The summed E-state index contributed by atoms with van der Waals surface area (Å²) in [5.41, 5.74) is 1.25. The average molecular weight is 375 g/mol. The molecule has 0 aliphatic carbocycles. The molecule has 5 heteroatoms. The van der Waals surface area contributed by atoms with Crippen molar-refractivity contribution in [3.8, 4) is 5.75 Å². The van der Waals surface area contributed by atoms with Gasteiger partial charge in [0.25, 0.3) is 0 Å². The Morgan fingerprint density at radius 2 is 1.70 bits per heavy atom. The van der Waals surface area contributed by atoms with Crippen molar-refractivity contribution in [3.05, 3.63) is 77.5 Å². The maximum atomic E-state index is 14.6. The van der Waals surface area contributed by atoms with Crippen LogP contribution in [0, 0.1) is 11.6 Å². The molecule has 2 aromatic carbocycles. The van der Waals surface area contributed by atoms with E-state index in [0.29, 0.717) is 17.7 Å². The Balaban J connectivity index is 0.00000126. The van der Waals surface area contributed by atoms with Gasteiger partial charge in [-0.2, -0.15) is 0 Å². The fourth-order valence-corrected chi connectivity index (χ4v) is 2.87. The molecule has 0 bridgehead atoms. The summed E-state index contributed by atoms with van der Waals surface area (Å²) in [5.74, 6) is -1.44. The first kappa shape index (κ1) is 20.6. The first-order valence-corrected chi connectivity index (χ1v) is 9.02. The monoisotopic (exact) mass is 375 g/mol. The van der Waals surface area contributed by atoms with E-state index in [9.17, 15) is 13.2 Å². The van der Waals surface area contributed by atoms with Gasteiger partial charge in [-0.1, -0.05) is 50.8 Å². The number of halogens is 3. The summed E-state index contributed by atoms with van der Waals surface area (Å²) in [5, 5.41) is 2.75. The van der Waals surface area contributed by atoms with Gasteiger partial charge in [0.15, 0.2) is 0 Å². The summed E-state index contributed by atoms with van der Waals surface area (Å²) in [6.45, 7) is 9.65. The fraction of sp³-hybridized carbons (Fsp3) is 0.273. The molecule has 1 aliphatic heterocycles. The van der Waals surface area contributed by atoms with Crippen LogP contribution in [0.15, 0.2) is 54.7 Å². The number of rotatable bonds is 4. The number of ether oxygens (including phenoxy) is 1. The van der Waals surface area contributed by atoms with E-state index in [1.165, 1.54) is 0 Å². The molecule has 0 spiro atoms. The highest BCUT2D eigenvalue weighted by atomic mass is 19.1. The van der Waals surface area contributed by atoms with Crippen LogP contribution in [-0.4, -0.2) is 12.8 Å². The standard InChI is InChI=1S/C20H18F3NO.C2H6/c1-3-25-14-9-17(22)19(18(23)10-14)20-15(11-16(21)12(2)24-20)13-7-5-4-6-8-13;1-2/h4-10,16,24H,2-3,11H2,1H3;1-2H3. The third-order valence-electron chi connectivity index (χ3n) is 4.05. The van der Waals surface area contributed by atoms with E-state index >= 15 is 0 Å². The minimum atomic E-state index is -1.33. The summed E-state index contributed by atoms with van der Waals surface area (Å²) >= 11 is 0. The van der Waals surface area contributed by atoms with Crippen molar-refractivity contribution in [3.63, 3.8) is 0 Å². The molecule has 1 N–H and O–H groups in total. The van der Waals surface area contributed by atoms with Crippen molar-refractivity contribution in [1.82, 2.24) is 5.32 Å².